The van der Waals surface area contributed by atoms with Crippen molar-refractivity contribution in [1.82, 2.24) is 5.32 Å². The monoisotopic (exact) mass is 358 g/mol. The zero-order valence-corrected chi connectivity index (χ0v) is 14.8. The Bertz CT molecular complexity index is 730. The quantitative estimate of drug-likeness (QED) is 0.830. The molecule has 0 heterocycles. The molecule has 2 aromatic rings. The number of fused-ring (bicyclic) bond motifs is 1. The topological polar surface area (TPSA) is 65.3 Å². The number of rotatable bonds is 6. The van der Waals surface area contributed by atoms with E-state index in [1.807, 2.05) is 6.07 Å². The summed E-state index contributed by atoms with van der Waals surface area (Å²) in [6, 6.07) is 17.9. The van der Waals surface area contributed by atoms with Gasteiger partial charge in [0.05, 0.1) is 5.56 Å². The second kappa shape index (κ2) is 9.43. The molecule has 4 nitrogen and oxygen atoms in total. The molecule has 0 spiro atoms. The van der Waals surface area contributed by atoms with Gasteiger partial charge in [-0.2, -0.15) is 5.26 Å². The molecule has 2 N–H and O–H groups in total. The van der Waals surface area contributed by atoms with E-state index in [2.05, 4.69) is 35.7 Å². The lowest BCUT2D eigenvalue weighted by molar-refractivity contribution is 0.103. The third-order valence-electron chi connectivity index (χ3n) is 4.41. The van der Waals surface area contributed by atoms with E-state index in [0.717, 1.165) is 19.3 Å². The third kappa shape index (κ3) is 4.96. The second-order valence-corrected chi connectivity index (χ2v) is 6.12. The molecule has 0 radical (unpaired) electrons. The first-order chi connectivity index (χ1) is 11.8. The summed E-state index contributed by atoms with van der Waals surface area (Å²) in [5.41, 5.74) is 3.22. The molecule has 2 atom stereocenters. The summed E-state index contributed by atoms with van der Waals surface area (Å²) >= 11 is 0. The van der Waals surface area contributed by atoms with Crippen LogP contribution in [0.5, 0.6) is 5.75 Å². The Morgan fingerprint density at radius 1 is 1.20 bits per heavy atom. The van der Waals surface area contributed by atoms with E-state index >= 15 is 0 Å². The number of nitriles is 1. The minimum atomic E-state index is -0.620. The van der Waals surface area contributed by atoms with Gasteiger partial charge >= 0.3 is 0 Å². The van der Waals surface area contributed by atoms with E-state index in [9.17, 15) is 5.11 Å². The Balaban J connectivity index is 0.00000225. The first-order valence-corrected chi connectivity index (χ1v) is 8.39. The van der Waals surface area contributed by atoms with Gasteiger partial charge < -0.3 is 15.2 Å². The molecular formula is C20H23ClN2O2. The highest BCUT2D eigenvalue weighted by Crippen LogP contribution is 2.29. The fraction of sp³-hybridized carbons (Fsp3) is 0.350. The van der Waals surface area contributed by atoms with Crippen molar-refractivity contribution in [2.45, 2.75) is 31.4 Å². The number of halogens is 1. The molecule has 25 heavy (non-hydrogen) atoms. The van der Waals surface area contributed by atoms with Crippen LogP contribution in [-0.4, -0.2) is 24.4 Å². The predicted octanol–water partition coefficient (Wildman–Crippen LogP) is 3.39. The third-order valence-corrected chi connectivity index (χ3v) is 4.41. The Morgan fingerprint density at radius 3 is 2.80 bits per heavy atom. The van der Waals surface area contributed by atoms with Crippen LogP contribution in [0.4, 0.5) is 0 Å². The molecule has 5 heteroatoms. The number of nitrogens with zero attached hydrogens (tertiary/aromatic N) is 1. The van der Waals surface area contributed by atoms with Crippen molar-refractivity contribution in [2.24, 2.45) is 0 Å². The van der Waals surface area contributed by atoms with Crippen molar-refractivity contribution >= 4 is 12.4 Å². The van der Waals surface area contributed by atoms with E-state index < -0.39 is 6.10 Å². The number of benzene rings is 2. The summed E-state index contributed by atoms with van der Waals surface area (Å²) in [5.74, 6) is 0.516. The largest absolute Gasteiger partial charge is 0.489 e. The predicted molar refractivity (Wildman–Crippen MR) is 100 cm³/mol. The molecule has 3 rings (SSSR count). The molecule has 132 valence electrons. The fourth-order valence-electron chi connectivity index (χ4n) is 3.17. The first-order valence-electron chi connectivity index (χ1n) is 8.39. The summed E-state index contributed by atoms with van der Waals surface area (Å²) < 4.78 is 5.59. The van der Waals surface area contributed by atoms with Gasteiger partial charge in [-0.05, 0) is 42.5 Å². The standard InChI is InChI=1S/C20H22N2O2.ClH/c21-12-16-7-2-4-11-20(16)24-14-17(23)13-22-19-10-5-8-15-6-1-3-9-18(15)19;/h1-4,6-7,9,11,17,19,22-23H,5,8,10,13-14H2;1H. The van der Waals surface area contributed by atoms with Crippen molar-refractivity contribution in [3.05, 3.63) is 65.2 Å². The van der Waals surface area contributed by atoms with Crippen molar-refractivity contribution in [3.8, 4) is 11.8 Å². The average Bonchev–Trinajstić information content (AvgIpc) is 2.64. The number of nitrogens with one attached hydrogen (secondary N) is 1. The number of hydrogen-bond acceptors (Lipinski definition) is 4. The molecule has 2 unspecified atom stereocenters. The average molecular weight is 359 g/mol. The Morgan fingerprint density at radius 2 is 1.96 bits per heavy atom. The highest BCUT2D eigenvalue weighted by atomic mass is 35.5. The first kappa shape index (κ1) is 19.3. The van der Waals surface area contributed by atoms with Gasteiger partial charge in [-0.15, -0.1) is 12.4 Å². The van der Waals surface area contributed by atoms with Crippen LogP contribution >= 0.6 is 12.4 Å². The van der Waals surface area contributed by atoms with Gasteiger partial charge in [0, 0.05) is 12.6 Å². The van der Waals surface area contributed by atoms with Crippen LogP contribution in [0.2, 0.25) is 0 Å². The van der Waals surface area contributed by atoms with Crippen LogP contribution in [-0.2, 0) is 6.42 Å². The van der Waals surface area contributed by atoms with E-state index in [1.54, 1.807) is 18.2 Å². The molecule has 0 bridgehead atoms. The maximum Gasteiger partial charge on any atom is 0.137 e. The number of aliphatic hydroxyl groups excluding tert-OH is 1. The number of aliphatic hydroxyl groups is 1. The van der Waals surface area contributed by atoms with Gasteiger partial charge in [0.25, 0.3) is 0 Å². The molecule has 0 aromatic heterocycles. The van der Waals surface area contributed by atoms with Gasteiger partial charge in [0.15, 0.2) is 0 Å². The maximum atomic E-state index is 10.2. The van der Waals surface area contributed by atoms with E-state index in [0.29, 0.717) is 17.9 Å². The highest BCUT2D eigenvalue weighted by molar-refractivity contribution is 5.85. The zero-order chi connectivity index (χ0) is 16.8. The molecular weight excluding hydrogens is 336 g/mol. The van der Waals surface area contributed by atoms with Crippen molar-refractivity contribution in [2.75, 3.05) is 13.2 Å². The van der Waals surface area contributed by atoms with Gasteiger partial charge in [0.2, 0.25) is 0 Å². The van der Waals surface area contributed by atoms with Crippen LogP contribution in [0, 0.1) is 11.3 Å². The molecule has 2 aromatic carbocycles. The number of ether oxygens (including phenoxy) is 1. The minimum Gasteiger partial charge on any atom is -0.489 e. The highest BCUT2D eigenvalue weighted by Gasteiger charge is 2.20. The lowest BCUT2D eigenvalue weighted by Crippen LogP contribution is -2.35. The van der Waals surface area contributed by atoms with E-state index in [1.165, 1.54) is 11.1 Å². The molecule has 1 aliphatic rings. The SMILES string of the molecule is Cl.N#Cc1ccccc1OCC(O)CNC1CCCc2ccccc21. The van der Waals surface area contributed by atoms with E-state index in [-0.39, 0.29) is 25.1 Å². The lowest BCUT2D eigenvalue weighted by Gasteiger charge is -2.27. The zero-order valence-electron chi connectivity index (χ0n) is 14.0. The summed E-state index contributed by atoms with van der Waals surface area (Å²) in [6.07, 6.45) is 2.76. The maximum absolute atomic E-state index is 10.2. The van der Waals surface area contributed by atoms with Gasteiger partial charge in [-0.25, -0.2) is 0 Å². The van der Waals surface area contributed by atoms with Crippen LogP contribution in [0.1, 0.15) is 35.6 Å². The molecule has 0 fully saturated rings. The molecule has 0 saturated heterocycles. The van der Waals surface area contributed by atoms with Crippen molar-refractivity contribution in [3.63, 3.8) is 0 Å². The van der Waals surface area contributed by atoms with Gasteiger partial charge in [-0.3, -0.25) is 0 Å². The van der Waals surface area contributed by atoms with Crippen molar-refractivity contribution < 1.29 is 9.84 Å². The Kier molecular flexibility index (Phi) is 7.27. The smallest absolute Gasteiger partial charge is 0.137 e. The summed E-state index contributed by atoms with van der Waals surface area (Å²) in [4.78, 5) is 0. The van der Waals surface area contributed by atoms with Gasteiger partial charge in [0.1, 0.15) is 24.5 Å². The molecule has 1 aliphatic carbocycles. The van der Waals surface area contributed by atoms with Crippen LogP contribution < -0.4 is 10.1 Å². The van der Waals surface area contributed by atoms with Crippen LogP contribution in [0.15, 0.2) is 48.5 Å². The second-order valence-electron chi connectivity index (χ2n) is 6.12. The van der Waals surface area contributed by atoms with Crippen molar-refractivity contribution in [1.29, 1.82) is 5.26 Å². The van der Waals surface area contributed by atoms with E-state index in [4.69, 9.17) is 10.00 Å². The minimum absolute atomic E-state index is 0. The number of para-hydroxylation sites is 1. The summed E-state index contributed by atoms with van der Waals surface area (Å²) in [7, 11) is 0. The lowest BCUT2D eigenvalue weighted by atomic mass is 9.88. The number of hydrogen-bond donors (Lipinski definition) is 2. The summed E-state index contributed by atoms with van der Waals surface area (Å²) in [6.45, 7) is 0.633. The number of aryl methyl sites for hydroxylation is 1. The molecule has 0 amide bonds. The molecule has 0 saturated carbocycles. The molecule has 0 aliphatic heterocycles. The van der Waals surface area contributed by atoms with Crippen LogP contribution in [0.25, 0.3) is 0 Å². The Labute approximate surface area is 154 Å². The Hall–Kier alpha value is -2.06. The van der Waals surface area contributed by atoms with Gasteiger partial charge in [-0.1, -0.05) is 36.4 Å². The summed E-state index contributed by atoms with van der Waals surface area (Å²) in [5, 5.41) is 22.7. The van der Waals surface area contributed by atoms with Crippen LogP contribution in [0.3, 0.4) is 0 Å². The normalized spacial score (nSPS) is 16.9. The fourth-order valence-corrected chi connectivity index (χ4v) is 3.17.